The average molecular weight is 221 g/mol. The summed E-state index contributed by atoms with van der Waals surface area (Å²) in [5.41, 5.74) is 8.03. The van der Waals surface area contributed by atoms with Crippen molar-refractivity contribution in [3.8, 4) is 0 Å². The van der Waals surface area contributed by atoms with Gasteiger partial charge in [0.1, 0.15) is 5.82 Å². The molecule has 0 saturated heterocycles. The number of nitrogens with zero attached hydrogens (tertiary/aromatic N) is 3. The number of fused-ring (bicyclic) bond motifs is 1. The highest BCUT2D eigenvalue weighted by Crippen LogP contribution is 2.24. The Balaban J connectivity index is 2.47. The highest BCUT2D eigenvalue weighted by Gasteiger charge is 2.20. The summed E-state index contributed by atoms with van der Waals surface area (Å²) in [5.74, 6) is 1.34. The second kappa shape index (κ2) is 4.25. The third-order valence-electron chi connectivity index (χ3n) is 3.04. The first-order valence-corrected chi connectivity index (χ1v) is 5.68. The summed E-state index contributed by atoms with van der Waals surface area (Å²) in [7, 11) is 2.04. The van der Waals surface area contributed by atoms with E-state index in [9.17, 15) is 0 Å². The van der Waals surface area contributed by atoms with Crippen molar-refractivity contribution >= 4 is 11.8 Å². The van der Waals surface area contributed by atoms with E-state index in [1.165, 1.54) is 5.56 Å². The zero-order chi connectivity index (χ0) is 11.7. The normalized spacial score (nSPS) is 15.0. The quantitative estimate of drug-likeness (QED) is 0.763. The van der Waals surface area contributed by atoms with Gasteiger partial charge in [-0.1, -0.05) is 0 Å². The minimum absolute atomic E-state index is 0.378. The molecule has 0 fully saturated rings. The number of aromatic nitrogens is 2. The fourth-order valence-electron chi connectivity index (χ4n) is 1.88. The number of rotatable bonds is 2. The number of nitrogens with one attached hydrogen (secondary N) is 1. The summed E-state index contributed by atoms with van der Waals surface area (Å²) in [6.07, 6.45) is 0.932. The molecule has 0 unspecified atom stereocenters. The van der Waals surface area contributed by atoms with E-state index >= 15 is 0 Å². The molecule has 0 aliphatic carbocycles. The number of hydrogen-bond acceptors (Lipinski definition) is 5. The van der Waals surface area contributed by atoms with Crippen LogP contribution in [-0.4, -0.2) is 29.6 Å². The summed E-state index contributed by atoms with van der Waals surface area (Å²) >= 11 is 0. The van der Waals surface area contributed by atoms with Crippen molar-refractivity contribution in [3.05, 3.63) is 11.3 Å². The Morgan fingerprint density at radius 1 is 1.38 bits per heavy atom. The van der Waals surface area contributed by atoms with Gasteiger partial charge < -0.3 is 16.0 Å². The Hall–Kier alpha value is -1.36. The predicted octanol–water partition coefficient (Wildman–Crippen LogP) is 0.549. The van der Waals surface area contributed by atoms with Gasteiger partial charge in [-0.25, -0.2) is 4.98 Å². The monoisotopic (exact) mass is 221 g/mol. The Kier molecular flexibility index (Phi) is 2.96. The summed E-state index contributed by atoms with van der Waals surface area (Å²) in [6, 6.07) is 0.403. The Labute approximate surface area is 96.1 Å². The lowest BCUT2D eigenvalue weighted by atomic mass is 10.1. The van der Waals surface area contributed by atoms with Crippen molar-refractivity contribution in [2.24, 2.45) is 0 Å². The summed E-state index contributed by atoms with van der Waals surface area (Å²) in [4.78, 5) is 10.8. The highest BCUT2D eigenvalue weighted by atomic mass is 15.2. The van der Waals surface area contributed by atoms with E-state index in [0.717, 1.165) is 31.0 Å². The van der Waals surface area contributed by atoms with Crippen molar-refractivity contribution in [3.63, 3.8) is 0 Å². The van der Waals surface area contributed by atoms with Gasteiger partial charge in [0, 0.05) is 38.2 Å². The number of nitrogens with two attached hydrogens (primary N) is 1. The van der Waals surface area contributed by atoms with Crippen LogP contribution < -0.4 is 16.0 Å². The Morgan fingerprint density at radius 3 is 2.81 bits per heavy atom. The smallest absolute Gasteiger partial charge is 0.222 e. The minimum atomic E-state index is 0.378. The molecule has 3 N–H and O–H groups in total. The maximum atomic E-state index is 5.75. The maximum absolute atomic E-state index is 5.75. The molecule has 0 spiro atoms. The molecule has 0 amide bonds. The largest absolute Gasteiger partial charge is 0.368 e. The van der Waals surface area contributed by atoms with Crippen LogP contribution in [-0.2, 0) is 13.0 Å². The first kappa shape index (κ1) is 11.1. The van der Waals surface area contributed by atoms with Gasteiger partial charge in [-0.05, 0) is 13.8 Å². The molecule has 0 aromatic carbocycles. The SMILES string of the molecule is CC(C)N(C)c1nc(N)nc2c1CNCC2. The molecule has 5 heteroatoms. The van der Waals surface area contributed by atoms with Gasteiger partial charge in [-0.15, -0.1) is 0 Å². The van der Waals surface area contributed by atoms with Crippen molar-refractivity contribution in [2.75, 3.05) is 24.2 Å². The van der Waals surface area contributed by atoms with Gasteiger partial charge >= 0.3 is 0 Å². The number of hydrogen-bond donors (Lipinski definition) is 2. The molecule has 2 heterocycles. The van der Waals surface area contributed by atoms with Crippen molar-refractivity contribution in [1.82, 2.24) is 15.3 Å². The molecular formula is C11H19N5. The Bertz CT molecular complexity index is 388. The van der Waals surface area contributed by atoms with Gasteiger partial charge in [0.15, 0.2) is 0 Å². The van der Waals surface area contributed by atoms with Crippen molar-refractivity contribution in [2.45, 2.75) is 32.9 Å². The van der Waals surface area contributed by atoms with Gasteiger partial charge in [0.05, 0.1) is 5.69 Å². The van der Waals surface area contributed by atoms with E-state index in [1.54, 1.807) is 0 Å². The van der Waals surface area contributed by atoms with Crippen LogP contribution in [0.5, 0.6) is 0 Å². The summed E-state index contributed by atoms with van der Waals surface area (Å²) in [6.45, 7) is 6.08. The predicted molar refractivity (Wildman–Crippen MR) is 65.4 cm³/mol. The van der Waals surface area contributed by atoms with Crippen LogP contribution in [0, 0.1) is 0 Å². The van der Waals surface area contributed by atoms with E-state index in [0.29, 0.717) is 12.0 Å². The zero-order valence-corrected chi connectivity index (χ0v) is 10.1. The molecule has 1 aliphatic heterocycles. The molecule has 1 aromatic heterocycles. The Morgan fingerprint density at radius 2 is 2.12 bits per heavy atom. The molecule has 5 nitrogen and oxygen atoms in total. The molecular weight excluding hydrogens is 202 g/mol. The highest BCUT2D eigenvalue weighted by molar-refractivity contribution is 5.52. The second-order valence-corrected chi connectivity index (χ2v) is 4.46. The first-order valence-electron chi connectivity index (χ1n) is 5.68. The van der Waals surface area contributed by atoms with E-state index in [1.807, 2.05) is 7.05 Å². The molecule has 1 aromatic rings. The summed E-state index contributed by atoms with van der Waals surface area (Å²) < 4.78 is 0. The van der Waals surface area contributed by atoms with Crippen LogP contribution in [0.25, 0.3) is 0 Å². The van der Waals surface area contributed by atoms with Crippen LogP contribution in [0.15, 0.2) is 0 Å². The lowest BCUT2D eigenvalue weighted by Gasteiger charge is -2.28. The molecule has 88 valence electrons. The first-order chi connectivity index (χ1) is 7.59. The number of anilines is 2. The maximum Gasteiger partial charge on any atom is 0.222 e. The zero-order valence-electron chi connectivity index (χ0n) is 10.1. The number of nitrogen functional groups attached to an aromatic ring is 1. The van der Waals surface area contributed by atoms with Gasteiger partial charge in [-0.2, -0.15) is 4.98 Å². The van der Waals surface area contributed by atoms with Crippen LogP contribution in [0.3, 0.4) is 0 Å². The third-order valence-corrected chi connectivity index (χ3v) is 3.04. The lowest BCUT2D eigenvalue weighted by molar-refractivity contribution is 0.619. The van der Waals surface area contributed by atoms with Crippen LogP contribution in [0.1, 0.15) is 25.1 Å². The van der Waals surface area contributed by atoms with E-state index in [2.05, 4.69) is 34.0 Å². The molecule has 1 aliphatic rings. The van der Waals surface area contributed by atoms with Crippen LogP contribution in [0.2, 0.25) is 0 Å². The summed E-state index contributed by atoms with van der Waals surface area (Å²) in [5, 5.41) is 3.35. The molecule has 0 atom stereocenters. The minimum Gasteiger partial charge on any atom is -0.368 e. The van der Waals surface area contributed by atoms with E-state index < -0.39 is 0 Å². The van der Waals surface area contributed by atoms with Gasteiger partial charge in [-0.3, -0.25) is 0 Å². The topological polar surface area (TPSA) is 67.1 Å². The standard InChI is InChI=1S/C11H19N5/c1-7(2)16(3)10-8-6-13-5-4-9(8)14-11(12)15-10/h7,13H,4-6H2,1-3H3,(H2,12,14,15). The fraction of sp³-hybridized carbons (Fsp3) is 0.636. The molecule has 0 bridgehead atoms. The molecule has 0 saturated carbocycles. The van der Waals surface area contributed by atoms with Gasteiger partial charge in [0.2, 0.25) is 5.95 Å². The third kappa shape index (κ3) is 1.95. The average Bonchev–Trinajstić information content (AvgIpc) is 2.26. The van der Waals surface area contributed by atoms with Crippen molar-refractivity contribution < 1.29 is 0 Å². The van der Waals surface area contributed by atoms with Crippen molar-refractivity contribution in [1.29, 1.82) is 0 Å². The van der Waals surface area contributed by atoms with E-state index in [4.69, 9.17) is 5.73 Å². The lowest BCUT2D eigenvalue weighted by Crippen LogP contribution is -2.32. The van der Waals surface area contributed by atoms with Crippen LogP contribution >= 0.6 is 0 Å². The molecule has 2 rings (SSSR count). The van der Waals surface area contributed by atoms with E-state index in [-0.39, 0.29) is 0 Å². The van der Waals surface area contributed by atoms with Gasteiger partial charge in [0.25, 0.3) is 0 Å². The fourth-order valence-corrected chi connectivity index (χ4v) is 1.88. The van der Waals surface area contributed by atoms with Crippen LogP contribution in [0.4, 0.5) is 11.8 Å². The molecule has 0 radical (unpaired) electrons. The second-order valence-electron chi connectivity index (χ2n) is 4.46. The molecule has 16 heavy (non-hydrogen) atoms.